The van der Waals surface area contributed by atoms with Gasteiger partial charge in [-0.1, -0.05) is 60.7 Å². The number of nitro groups is 1. The van der Waals surface area contributed by atoms with Crippen molar-refractivity contribution in [1.82, 2.24) is 5.01 Å². The second kappa shape index (κ2) is 9.55. The fourth-order valence-corrected chi connectivity index (χ4v) is 4.89. The van der Waals surface area contributed by atoms with Gasteiger partial charge in [-0.25, -0.2) is 14.8 Å². The number of thioether (sulfide) groups is 1. The molecule has 0 aromatic heterocycles. The molecule has 2 aliphatic heterocycles. The van der Waals surface area contributed by atoms with Gasteiger partial charge in [-0.05, 0) is 36.4 Å². The molecule has 9 heteroatoms. The molecule has 0 bridgehead atoms. The highest BCUT2D eigenvalue weighted by atomic mass is 32.2. The van der Waals surface area contributed by atoms with Gasteiger partial charge >= 0.3 is 5.97 Å². The minimum absolute atomic E-state index is 0.0346. The van der Waals surface area contributed by atoms with Gasteiger partial charge in [0.15, 0.2) is 5.17 Å². The summed E-state index contributed by atoms with van der Waals surface area (Å²) in [7, 11) is 0. The largest absolute Gasteiger partial charge is 0.463 e. The number of amidine groups is 1. The maximum absolute atomic E-state index is 13.3. The molecule has 3 aromatic rings. The lowest BCUT2D eigenvalue weighted by atomic mass is 9.93. The number of hydrazone groups is 1. The number of carbonyl (C=O) groups is 1. The van der Waals surface area contributed by atoms with E-state index in [2.05, 4.69) is 0 Å². The van der Waals surface area contributed by atoms with Gasteiger partial charge < -0.3 is 4.74 Å². The molecule has 0 fully saturated rings. The van der Waals surface area contributed by atoms with Crippen molar-refractivity contribution in [3.05, 3.63) is 117 Å². The molecule has 0 spiro atoms. The number of rotatable bonds is 6. The molecule has 35 heavy (non-hydrogen) atoms. The van der Waals surface area contributed by atoms with Gasteiger partial charge in [-0.3, -0.25) is 10.1 Å². The van der Waals surface area contributed by atoms with E-state index in [-0.39, 0.29) is 12.3 Å². The first kappa shape index (κ1) is 22.5. The van der Waals surface area contributed by atoms with Gasteiger partial charge in [0.25, 0.3) is 5.69 Å². The first-order chi connectivity index (χ1) is 17.1. The van der Waals surface area contributed by atoms with Crippen molar-refractivity contribution in [2.24, 2.45) is 10.1 Å². The summed E-state index contributed by atoms with van der Waals surface area (Å²) in [6.07, 6.45) is 0. The Morgan fingerprint density at radius 3 is 2.23 bits per heavy atom. The lowest BCUT2D eigenvalue weighted by Crippen LogP contribution is -2.34. The van der Waals surface area contributed by atoms with Crippen LogP contribution in [-0.4, -0.2) is 32.7 Å². The second-order valence-corrected chi connectivity index (χ2v) is 8.67. The van der Waals surface area contributed by atoms with Gasteiger partial charge in [0.2, 0.25) is 0 Å². The van der Waals surface area contributed by atoms with E-state index in [0.29, 0.717) is 22.0 Å². The Hall–Kier alpha value is -4.24. The second-order valence-electron chi connectivity index (χ2n) is 7.71. The standard InChI is InChI=1S/C26H20N4O4S/c1-2-34-25(31)21-22(17-9-5-3-6-10-17)27-26-29(28-24(35-26)19-11-7-4-8-12-19)23(21)18-13-15-20(16-14-18)30(32)33/h3-16,23H,2H2,1H3. The first-order valence-electron chi connectivity index (χ1n) is 11.0. The number of benzene rings is 3. The molecule has 1 unspecified atom stereocenters. The molecular weight excluding hydrogens is 464 g/mol. The molecular formula is C26H20N4O4S. The highest BCUT2D eigenvalue weighted by Gasteiger charge is 2.42. The molecule has 0 aliphatic carbocycles. The highest BCUT2D eigenvalue weighted by Crippen LogP contribution is 2.45. The summed E-state index contributed by atoms with van der Waals surface area (Å²) >= 11 is 1.41. The Morgan fingerprint density at radius 2 is 1.63 bits per heavy atom. The Labute approximate surface area is 205 Å². The van der Waals surface area contributed by atoms with E-state index < -0.39 is 16.9 Å². The Morgan fingerprint density at radius 1 is 1.00 bits per heavy atom. The van der Waals surface area contributed by atoms with Crippen LogP contribution < -0.4 is 0 Å². The third-order valence-electron chi connectivity index (χ3n) is 5.55. The normalized spacial score (nSPS) is 16.9. The SMILES string of the molecule is CCOC(=O)C1=C(c2ccccc2)N=C2SC(c3ccccc3)=NN2C1c1ccc([N+](=O)[O-])cc1. The summed E-state index contributed by atoms with van der Waals surface area (Å²) in [6, 6.07) is 24.6. The molecule has 3 aromatic carbocycles. The Kier molecular flexibility index (Phi) is 6.15. The number of fused-ring (bicyclic) bond motifs is 1. The van der Waals surface area contributed by atoms with Crippen molar-refractivity contribution >= 4 is 39.3 Å². The van der Waals surface area contributed by atoms with Gasteiger partial charge in [0, 0.05) is 23.3 Å². The fraction of sp³-hybridized carbons (Fsp3) is 0.115. The summed E-state index contributed by atoms with van der Waals surface area (Å²) in [5.41, 5.74) is 3.15. The van der Waals surface area contributed by atoms with Crippen LogP contribution in [0.2, 0.25) is 0 Å². The lowest BCUT2D eigenvalue weighted by molar-refractivity contribution is -0.384. The predicted molar refractivity (Wildman–Crippen MR) is 136 cm³/mol. The Bertz CT molecular complexity index is 1370. The number of nitro benzene ring substituents is 1. The zero-order valence-corrected chi connectivity index (χ0v) is 19.5. The van der Waals surface area contributed by atoms with E-state index >= 15 is 0 Å². The van der Waals surface area contributed by atoms with Crippen molar-refractivity contribution in [3.8, 4) is 0 Å². The van der Waals surface area contributed by atoms with Crippen LogP contribution in [0.25, 0.3) is 5.70 Å². The van der Waals surface area contributed by atoms with Crippen molar-refractivity contribution in [1.29, 1.82) is 0 Å². The molecule has 5 rings (SSSR count). The fourth-order valence-electron chi connectivity index (χ4n) is 3.96. The zero-order valence-electron chi connectivity index (χ0n) is 18.7. The number of aliphatic imine (C=N–C) groups is 1. The van der Waals surface area contributed by atoms with Crippen molar-refractivity contribution in [2.75, 3.05) is 6.61 Å². The minimum Gasteiger partial charge on any atom is -0.463 e. The van der Waals surface area contributed by atoms with E-state index in [1.165, 1.54) is 23.9 Å². The number of hydrogen-bond acceptors (Lipinski definition) is 8. The van der Waals surface area contributed by atoms with E-state index in [1.807, 2.05) is 60.7 Å². The number of carbonyl (C=O) groups excluding carboxylic acids is 1. The van der Waals surface area contributed by atoms with Gasteiger partial charge in [0.05, 0.1) is 22.8 Å². The van der Waals surface area contributed by atoms with Gasteiger partial charge in [0.1, 0.15) is 11.1 Å². The van der Waals surface area contributed by atoms with E-state index in [0.717, 1.165) is 16.2 Å². The number of hydrogen-bond donors (Lipinski definition) is 0. The van der Waals surface area contributed by atoms with E-state index in [1.54, 1.807) is 24.1 Å². The molecule has 174 valence electrons. The van der Waals surface area contributed by atoms with Crippen molar-refractivity contribution in [2.45, 2.75) is 13.0 Å². The molecule has 8 nitrogen and oxygen atoms in total. The van der Waals surface area contributed by atoms with E-state index in [9.17, 15) is 14.9 Å². The van der Waals surface area contributed by atoms with Crippen molar-refractivity contribution < 1.29 is 14.5 Å². The van der Waals surface area contributed by atoms with Crippen LogP contribution in [0.5, 0.6) is 0 Å². The third kappa shape index (κ3) is 4.33. The monoisotopic (exact) mass is 484 g/mol. The molecule has 0 saturated carbocycles. The number of ether oxygens (including phenoxy) is 1. The van der Waals surface area contributed by atoms with E-state index in [4.69, 9.17) is 14.8 Å². The summed E-state index contributed by atoms with van der Waals surface area (Å²) < 4.78 is 5.45. The smallest absolute Gasteiger partial charge is 0.338 e. The quantitative estimate of drug-likeness (QED) is 0.264. The average Bonchev–Trinajstić information content (AvgIpc) is 3.33. The third-order valence-corrected chi connectivity index (χ3v) is 6.52. The van der Waals surface area contributed by atoms with Crippen LogP contribution in [-0.2, 0) is 9.53 Å². The minimum atomic E-state index is -0.675. The van der Waals surface area contributed by atoms with Crippen molar-refractivity contribution in [3.63, 3.8) is 0 Å². The number of non-ortho nitro benzene ring substituents is 1. The summed E-state index contributed by atoms with van der Waals surface area (Å²) in [4.78, 5) is 29.0. The van der Waals surface area contributed by atoms with Crippen LogP contribution in [0.3, 0.4) is 0 Å². The summed E-state index contributed by atoms with van der Waals surface area (Å²) in [6.45, 7) is 1.94. The molecule has 0 amide bonds. The van der Waals surface area contributed by atoms with Gasteiger partial charge in [-0.2, -0.15) is 5.10 Å². The molecule has 2 aliphatic rings. The zero-order chi connectivity index (χ0) is 24.4. The molecule has 2 heterocycles. The lowest BCUT2D eigenvalue weighted by Gasteiger charge is -2.32. The summed E-state index contributed by atoms with van der Waals surface area (Å²) in [5, 5.41) is 19.1. The van der Waals surface area contributed by atoms with Crippen LogP contribution in [0.15, 0.2) is 101 Å². The topological polar surface area (TPSA) is 97.4 Å². The molecule has 0 radical (unpaired) electrons. The predicted octanol–water partition coefficient (Wildman–Crippen LogP) is 5.39. The highest BCUT2D eigenvalue weighted by molar-refractivity contribution is 8.27. The van der Waals surface area contributed by atoms with Gasteiger partial charge in [-0.15, -0.1) is 0 Å². The maximum atomic E-state index is 13.3. The Balaban J connectivity index is 1.71. The van der Waals surface area contributed by atoms with Crippen LogP contribution >= 0.6 is 11.8 Å². The maximum Gasteiger partial charge on any atom is 0.338 e. The van der Waals surface area contributed by atoms with Crippen LogP contribution in [0.4, 0.5) is 5.69 Å². The molecule has 0 saturated heterocycles. The molecule has 0 N–H and O–H groups in total. The van der Waals surface area contributed by atoms with Crippen LogP contribution in [0, 0.1) is 10.1 Å². The van der Waals surface area contributed by atoms with Crippen LogP contribution in [0.1, 0.15) is 29.7 Å². The number of nitrogens with zero attached hydrogens (tertiary/aromatic N) is 4. The molecule has 1 atom stereocenters. The average molecular weight is 485 g/mol. The first-order valence-corrected chi connectivity index (χ1v) is 11.8. The number of esters is 1. The summed E-state index contributed by atoms with van der Waals surface area (Å²) in [5.74, 6) is -0.508.